The van der Waals surface area contributed by atoms with Gasteiger partial charge in [0.1, 0.15) is 5.56 Å². The van der Waals surface area contributed by atoms with Gasteiger partial charge in [0, 0.05) is 0 Å². The van der Waals surface area contributed by atoms with Crippen LogP contribution in [0.2, 0.25) is 0 Å². The minimum Gasteiger partial charge on any atom is -0.504 e. The lowest BCUT2D eigenvalue weighted by molar-refractivity contribution is 0.0595. The van der Waals surface area contributed by atoms with Crippen LogP contribution in [0.4, 0.5) is 0 Å². The first-order valence-corrected chi connectivity index (χ1v) is 6.29. The molecule has 1 aliphatic carbocycles. The summed E-state index contributed by atoms with van der Waals surface area (Å²) in [5.74, 6) is -0.318. The van der Waals surface area contributed by atoms with Crippen LogP contribution in [0.5, 0.6) is 11.5 Å². The average molecular weight is 250 g/mol. The van der Waals surface area contributed by atoms with Crippen molar-refractivity contribution in [3.63, 3.8) is 0 Å². The predicted octanol–water partition coefficient (Wildman–Crippen LogP) is 2.89. The number of phenols is 1. The van der Waals surface area contributed by atoms with E-state index in [1.165, 1.54) is 19.6 Å². The molecule has 0 amide bonds. The Hall–Kier alpha value is -1.71. The van der Waals surface area contributed by atoms with Crippen LogP contribution in [0, 0.1) is 0 Å². The van der Waals surface area contributed by atoms with Crippen LogP contribution in [0.3, 0.4) is 0 Å². The van der Waals surface area contributed by atoms with E-state index < -0.39 is 5.97 Å². The third kappa shape index (κ3) is 2.75. The highest BCUT2D eigenvalue weighted by Gasteiger charge is 2.20. The van der Waals surface area contributed by atoms with Crippen LogP contribution in [-0.2, 0) is 4.74 Å². The van der Waals surface area contributed by atoms with Crippen LogP contribution in [-0.4, -0.2) is 24.3 Å². The van der Waals surface area contributed by atoms with E-state index in [-0.39, 0.29) is 17.4 Å². The zero-order chi connectivity index (χ0) is 13.0. The molecule has 0 aromatic heterocycles. The molecule has 1 aliphatic rings. The molecule has 1 aromatic carbocycles. The highest BCUT2D eigenvalue weighted by molar-refractivity contribution is 5.93. The summed E-state index contributed by atoms with van der Waals surface area (Å²) < 4.78 is 10.4. The number of aromatic hydroxyl groups is 1. The largest absolute Gasteiger partial charge is 0.504 e. The van der Waals surface area contributed by atoms with Crippen LogP contribution in [0.1, 0.15) is 42.5 Å². The minimum atomic E-state index is -0.554. The number of rotatable bonds is 3. The molecule has 0 atom stereocenters. The number of phenolic OH excluding ortho intramolecular Hbond substituents is 1. The van der Waals surface area contributed by atoms with Gasteiger partial charge in [0.25, 0.3) is 0 Å². The van der Waals surface area contributed by atoms with Gasteiger partial charge in [-0.25, -0.2) is 4.79 Å². The molecule has 1 aromatic rings. The van der Waals surface area contributed by atoms with Crippen molar-refractivity contribution in [3.8, 4) is 11.5 Å². The monoisotopic (exact) mass is 250 g/mol. The van der Waals surface area contributed by atoms with Crippen LogP contribution >= 0.6 is 0 Å². The summed E-state index contributed by atoms with van der Waals surface area (Å²) in [5.41, 5.74) is 0.144. The highest BCUT2D eigenvalue weighted by atomic mass is 16.5. The number of esters is 1. The van der Waals surface area contributed by atoms with Gasteiger partial charge in [0.2, 0.25) is 0 Å². The van der Waals surface area contributed by atoms with Gasteiger partial charge in [-0.1, -0.05) is 12.5 Å². The number of methoxy groups -OCH3 is 1. The van der Waals surface area contributed by atoms with Crippen molar-refractivity contribution < 1.29 is 19.4 Å². The molecule has 0 saturated heterocycles. The fourth-order valence-corrected chi connectivity index (χ4v) is 2.25. The van der Waals surface area contributed by atoms with E-state index in [1.807, 2.05) is 0 Å². The van der Waals surface area contributed by atoms with Gasteiger partial charge in [-0.3, -0.25) is 0 Å². The lowest BCUT2D eigenvalue weighted by Gasteiger charge is -2.23. The number of hydrogen-bond donors (Lipinski definition) is 1. The normalized spacial score (nSPS) is 16.3. The topological polar surface area (TPSA) is 55.8 Å². The molecule has 1 N–H and O–H groups in total. The maximum atomic E-state index is 11.4. The molecule has 18 heavy (non-hydrogen) atoms. The van der Waals surface area contributed by atoms with E-state index in [4.69, 9.17) is 4.74 Å². The van der Waals surface area contributed by atoms with Gasteiger partial charge < -0.3 is 14.6 Å². The summed E-state index contributed by atoms with van der Waals surface area (Å²) in [6.07, 6.45) is 5.69. The standard InChI is InChI=1S/C14H18O4/c1-17-14(16)11-8-5-9-12(13(11)15)18-10-6-3-2-4-7-10/h5,8-10,15H,2-4,6-7H2,1H3. The van der Waals surface area contributed by atoms with Crippen molar-refractivity contribution in [1.82, 2.24) is 0 Å². The molecule has 98 valence electrons. The molecule has 1 saturated carbocycles. The van der Waals surface area contributed by atoms with Crippen LogP contribution in [0.15, 0.2) is 18.2 Å². The Bertz CT molecular complexity index is 422. The highest BCUT2D eigenvalue weighted by Crippen LogP contribution is 2.33. The Morgan fingerprint density at radius 3 is 2.67 bits per heavy atom. The lowest BCUT2D eigenvalue weighted by Crippen LogP contribution is -2.19. The van der Waals surface area contributed by atoms with Crippen LogP contribution in [0.25, 0.3) is 0 Å². The molecule has 0 unspecified atom stereocenters. The first-order valence-electron chi connectivity index (χ1n) is 6.29. The number of carbonyl (C=O) groups is 1. The van der Waals surface area contributed by atoms with Gasteiger partial charge in [-0.05, 0) is 37.8 Å². The fraction of sp³-hybridized carbons (Fsp3) is 0.500. The molecule has 4 nitrogen and oxygen atoms in total. The number of ether oxygens (including phenoxy) is 2. The Morgan fingerprint density at radius 2 is 2.00 bits per heavy atom. The SMILES string of the molecule is COC(=O)c1cccc(OC2CCCCC2)c1O. The smallest absolute Gasteiger partial charge is 0.341 e. The molecular weight excluding hydrogens is 232 g/mol. The number of benzene rings is 1. The lowest BCUT2D eigenvalue weighted by atomic mass is 9.98. The maximum Gasteiger partial charge on any atom is 0.341 e. The van der Waals surface area contributed by atoms with Crippen molar-refractivity contribution in [3.05, 3.63) is 23.8 Å². The van der Waals surface area contributed by atoms with Gasteiger partial charge >= 0.3 is 5.97 Å². The molecule has 0 spiro atoms. The first kappa shape index (κ1) is 12.7. The van der Waals surface area contributed by atoms with Crippen LogP contribution < -0.4 is 4.74 Å². The fourth-order valence-electron chi connectivity index (χ4n) is 2.25. The van der Waals surface area contributed by atoms with E-state index >= 15 is 0 Å². The first-order chi connectivity index (χ1) is 8.72. The molecule has 0 bridgehead atoms. The molecule has 0 heterocycles. The van der Waals surface area contributed by atoms with E-state index in [9.17, 15) is 9.90 Å². The number of hydrogen-bond acceptors (Lipinski definition) is 4. The van der Waals surface area contributed by atoms with Crippen molar-refractivity contribution in [2.24, 2.45) is 0 Å². The number of carbonyl (C=O) groups excluding carboxylic acids is 1. The zero-order valence-corrected chi connectivity index (χ0v) is 10.5. The van der Waals surface area contributed by atoms with Crippen molar-refractivity contribution in [1.29, 1.82) is 0 Å². The summed E-state index contributed by atoms with van der Waals surface area (Å²) in [6.45, 7) is 0. The van der Waals surface area contributed by atoms with E-state index in [1.54, 1.807) is 12.1 Å². The van der Waals surface area contributed by atoms with E-state index in [0.29, 0.717) is 5.75 Å². The third-order valence-corrected chi connectivity index (χ3v) is 3.25. The molecular formula is C14H18O4. The summed E-state index contributed by atoms with van der Waals surface area (Å²) in [5, 5.41) is 10.00. The summed E-state index contributed by atoms with van der Waals surface area (Å²) in [4.78, 5) is 11.4. The van der Waals surface area contributed by atoms with Crippen molar-refractivity contribution >= 4 is 5.97 Å². The molecule has 2 rings (SSSR count). The molecule has 0 radical (unpaired) electrons. The quantitative estimate of drug-likeness (QED) is 0.838. The second-order valence-corrected chi connectivity index (χ2v) is 4.52. The van der Waals surface area contributed by atoms with E-state index in [0.717, 1.165) is 25.7 Å². The summed E-state index contributed by atoms with van der Waals surface area (Å²) >= 11 is 0. The third-order valence-electron chi connectivity index (χ3n) is 3.25. The second-order valence-electron chi connectivity index (χ2n) is 4.52. The average Bonchev–Trinajstić information content (AvgIpc) is 2.41. The van der Waals surface area contributed by atoms with Gasteiger partial charge in [0.05, 0.1) is 13.2 Å². The number of para-hydroxylation sites is 1. The minimum absolute atomic E-state index is 0.130. The maximum absolute atomic E-state index is 11.4. The van der Waals surface area contributed by atoms with Gasteiger partial charge in [-0.2, -0.15) is 0 Å². The van der Waals surface area contributed by atoms with Crippen molar-refractivity contribution in [2.45, 2.75) is 38.2 Å². The second kappa shape index (κ2) is 5.76. The molecule has 1 fully saturated rings. The Balaban J connectivity index is 2.15. The Kier molecular flexibility index (Phi) is 4.07. The van der Waals surface area contributed by atoms with Gasteiger partial charge in [0.15, 0.2) is 11.5 Å². The predicted molar refractivity (Wildman–Crippen MR) is 66.9 cm³/mol. The van der Waals surface area contributed by atoms with E-state index in [2.05, 4.69) is 4.74 Å². The summed E-state index contributed by atoms with van der Waals surface area (Å²) in [7, 11) is 1.29. The zero-order valence-electron chi connectivity index (χ0n) is 10.5. The molecule has 4 heteroatoms. The Labute approximate surface area is 107 Å². The Morgan fingerprint density at radius 1 is 1.28 bits per heavy atom. The molecule has 0 aliphatic heterocycles. The summed E-state index contributed by atoms with van der Waals surface area (Å²) in [6, 6.07) is 4.88. The van der Waals surface area contributed by atoms with Gasteiger partial charge in [-0.15, -0.1) is 0 Å². The van der Waals surface area contributed by atoms with Crippen molar-refractivity contribution in [2.75, 3.05) is 7.11 Å².